The Kier molecular flexibility index (Phi) is 13.2. The van der Waals surface area contributed by atoms with E-state index in [9.17, 15) is 5.26 Å². The summed E-state index contributed by atoms with van der Waals surface area (Å²) in [5.41, 5.74) is 3.06. The number of nitriles is 2. The SMILES string of the molecule is C#CC1CCC[C@H]2CN(c3nccnc3C#N)CCN12.N#Cc1nccnc1N1CCN2[C@@H](CCC[C@@H]2c2cc(-c3ccccn3)no2)C1.O/N=C/c1ccccn1. The van der Waals surface area contributed by atoms with Crippen molar-refractivity contribution < 1.29 is 9.73 Å². The highest BCUT2D eigenvalue weighted by Gasteiger charge is 2.39. The van der Waals surface area contributed by atoms with Gasteiger partial charge >= 0.3 is 0 Å². The highest BCUT2D eigenvalue weighted by atomic mass is 16.5. The standard InChI is InChI=1S/C21H21N7O.C15H17N5.C6H6N2O/c22-13-18-21(25-9-8-24-18)27-10-11-28-15(14-27)4-3-6-19(28)20-12-17(26-29-20)16-5-1-2-7-23-16;1-2-12-4-3-5-13-11-19(8-9-20(12)13)15-14(10-16)17-6-7-18-15;9-8-5-6-3-1-2-4-7-6/h1-2,5,7-9,12,15,19H,3-4,6,10-11,14H2;1,6-7,12-13H,3-5,8-9,11H2;1-5,9H/b;;8-5+/t15-,19+;12?,13-;/m00./s1. The molecule has 0 saturated carbocycles. The number of oxime groups is 1. The molecule has 0 amide bonds. The summed E-state index contributed by atoms with van der Waals surface area (Å²) in [4.78, 5) is 34.5. The molecule has 1 N–H and O–H groups in total. The predicted molar refractivity (Wildman–Crippen MR) is 215 cm³/mol. The van der Waals surface area contributed by atoms with E-state index in [1.165, 1.54) is 12.6 Å². The number of hydrogen-bond acceptors (Lipinski definition) is 16. The van der Waals surface area contributed by atoms with Crippen LogP contribution < -0.4 is 9.80 Å². The van der Waals surface area contributed by atoms with Crippen molar-refractivity contribution >= 4 is 17.9 Å². The third kappa shape index (κ3) is 9.24. The largest absolute Gasteiger partial charge is 0.411 e. The van der Waals surface area contributed by atoms with Gasteiger partial charge in [-0.3, -0.25) is 19.8 Å². The molecule has 5 aromatic rings. The highest BCUT2D eigenvalue weighted by molar-refractivity contribution is 5.75. The molecule has 4 aliphatic heterocycles. The number of piperazine rings is 2. The Labute approximate surface area is 337 Å². The minimum Gasteiger partial charge on any atom is -0.411 e. The third-order valence-electron chi connectivity index (χ3n) is 10.9. The fourth-order valence-electron chi connectivity index (χ4n) is 8.24. The van der Waals surface area contributed by atoms with Crippen LogP contribution in [0.2, 0.25) is 0 Å². The van der Waals surface area contributed by atoms with Gasteiger partial charge in [0.15, 0.2) is 28.8 Å². The fourth-order valence-corrected chi connectivity index (χ4v) is 8.24. The Morgan fingerprint density at radius 1 is 0.707 bits per heavy atom. The van der Waals surface area contributed by atoms with Crippen molar-refractivity contribution in [3.05, 3.63) is 102 Å². The van der Waals surface area contributed by atoms with Crippen molar-refractivity contribution in [3.63, 3.8) is 0 Å². The summed E-state index contributed by atoms with van der Waals surface area (Å²) < 4.78 is 5.74. The molecule has 4 fully saturated rings. The predicted octanol–water partition coefficient (Wildman–Crippen LogP) is 4.73. The van der Waals surface area contributed by atoms with Crippen LogP contribution in [0.4, 0.5) is 11.6 Å². The molecule has 294 valence electrons. The average Bonchev–Trinajstić information content (AvgIpc) is 3.80. The molecule has 4 aliphatic rings. The molecule has 9 rings (SSSR count). The number of rotatable bonds is 5. The average molecular weight is 777 g/mol. The summed E-state index contributed by atoms with van der Waals surface area (Å²) in [6.45, 7) is 5.19. The summed E-state index contributed by atoms with van der Waals surface area (Å²) in [7, 11) is 0. The van der Waals surface area contributed by atoms with Crippen LogP contribution in [0.5, 0.6) is 0 Å². The van der Waals surface area contributed by atoms with Gasteiger partial charge in [-0.25, -0.2) is 19.9 Å². The van der Waals surface area contributed by atoms with Crippen molar-refractivity contribution in [2.45, 2.75) is 62.7 Å². The number of nitrogens with zero attached hydrogens (tertiary/aromatic N) is 14. The minimum absolute atomic E-state index is 0.221. The molecule has 58 heavy (non-hydrogen) atoms. The molecule has 16 nitrogen and oxygen atoms in total. The maximum absolute atomic E-state index is 9.35. The number of piperidine rings is 2. The second-order valence-corrected chi connectivity index (χ2v) is 14.2. The molecule has 16 heteroatoms. The molecule has 5 aromatic heterocycles. The number of pyridine rings is 2. The summed E-state index contributed by atoms with van der Waals surface area (Å²) in [5.74, 6) is 5.21. The van der Waals surface area contributed by atoms with E-state index >= 15 is 0 Å². The van der Waals surface area contributed by atoms with Gasteiger partial charge in [0, 0.05) is 94.6 Å². The Morgan fingerprint density at radius 2 is 1.33 bits per heavy atom. The molecule has 0 aliphatic carbocycles. The van der Waals surface area contributed by atoms with Crippen LogP contribution in [0.1, 0.15) is 67.4 Å². The first-order valence-electron chi connectivity index (χ1n) is 19.5. The van der Waals surface area contributed by atoms with Crippen molar-refractivity contribution in [1.29, 1.82) is 10.5 Å². The van der Waals surface area contributed by atoms with Crippen LogP contribution in [-0.4, -0.2) is 114 Å². The zero-order chi connectivity index (χ0) is 40.1. The first kappa shape index (κ1) is 39.4. The fraction of sp³-hybridized carbons (Fsp3) is 0.381. The van der Waals surface area contributed by atoms with Crippen LogP contribution in [0.3, 0.4) is 0 Å². The lowest BCUT2D eigenvalue weighted by Crippen LogP contribution is -2.58. The number of anilines is 2. The van der Waals surface area contributed by atoms with E-state index in [0.717, 1.165) is 88.5 Å². The topological polar surface area (TPSA) is 196 Å². The van der Waals surface area contributed by atoms with Gasteiger partial charge in [0.1, 0.15) is 17.8 Å². The van der Waals surface area contributed by atoms with Crippen molar-refractivity contribution in [2.75, 3.05) is 49.1 Å². The second-order valence-electron chi connectivity index (χ2n) is 14.2. The van der Waals surface area contributed by atoms with E-state index in [1.54, 1.807) is 49.3 Å². The van der Waals surface area contributed by atoms with Crippen molar-refractivity contribution in [3.8, 4) is 35.9 Å². The number of aromatic nitrogens is 7. The molecule has 0 radical (unpaired) electrons. The zero-order valence-electron chi connectivity index (χ0n) is 32.1. The van der Waals surface area contributed by atoms with Gasteiger partial charge in [0.25, 0.3) is 0 Å². The molecule has 4 atom stereocenters. The molecular weight excluding hydrogens is 733 g/mol. The maximum Gasteiger partial charge on any atom is 0.183 e. The van der Waals surface area contributed by atoms with E-state index in [1.807, 2.05) is 30.3 Å². The number of fused-ring (bicyclic) bond motifs is 2. The van der Waals surface area contributed by atoms with E-state index in [-0.39, 0.29) is 12.1 Å². The smallest absolute Gasteiger partial charge is 0.183 e. The third-order valence-corrected chi connectivity index (χ3v) is 10.9. The summed E-state index contributed by atoms with van der Waals surface area (Å²) >= 11 is 0. The summed E-state index contributed by atoms with van der Waals surface area (Å²) in [6.07, 6.45) is 23.5. The molecule has 0 spiro atoms. The van der Waals surface area contributed by atoms with E-state index < -0.39 is 0 Å². The number of terminal acetylenes is 1. The highest BCUT2D eigenvalue weighted by Crippen LogP contribution is 2.38. The van der Waals surface area contributed by atoms with Crippen molar-refractivity contribution in [1.82, 2.24) is 44.9 Å². The van der Waals surface area contributed by atoms with Crippen LogP contribution in [0, 0.1) is 35.0 Å². The quantitative estimate of drug-likeness (QED) is 0.111. The van der Waals surface area contributed by atoms with Crippen LogP contribution >= 0.6 is 0 Å². The lowest BCUT2D eigenvalue weighted by Gasteiger charge is -2.47. The monoisotopic (exact) mass is 776 g/mol. The molecule has 9 heterocycles. The molecule has 0 bridgehead atoms. The maximum atomic E-state index is 9.35. The number of hydrogen-bond donors (Lipinski definition) is 1. The van der Waals surface area contributed by atoms with Gasteiger partial charge < -0.3 is 19.5 Å². The van der Waals surface area contributed by atoms with Crippen LogP contribution in [0.25, 0.3) is 11.4 Å². The second kappa shape index (κ2) is 19.4. The molecule has 0 aromatic carbocycles. The summed E-state index contributed by atoms with van der Waals surface area (Å²) in [5, 5.41) is 33.6. The minimum atomic E-state index is 0.221. The van der Waals surface area contributed by atoms with Gasteiger partial charge in [0.2, 0.25) is 0 Å². The Bertz CT molecular complexity index is 2250. The van der Waals surface area contributed by atoms with Gasteiger partial charge in [0.05, 0.1) is 29.7 Å². The lowest BCUT2D eigenvalue weighted by molar-refractivity contribution is 0.0558. The Hall–Kier alpha value is -6.80. The Morgan fingerprint density at radius 3 is 1.93 bits per heavy atom. The van der Waals surface area contributed by atoms with E-state index in [2.05, 4.69) is 77.9 Å². The summed E-state index contributed by atoms with van der Waals surface area (Å²) in [6, 6.07) is 18.8. The van der Waals surface area contributed by atoms with E-state index in [0.29, 0.717) is 40.8 Å². The van der Waals surface area contributed by atoms with Crippen LogP contribution in [-0.2, 0) is 0 Å². The first-order valence-corrected chi connectivity index (χ1v) is 19.5. The van der Waals surface area contributed by atoms with Gasteiger partial charge in [-0.1, -0.05) is 28.4 Å². The van der Waals surface area contributed by atoms with Crippen molar-refractivity contribution in [2.24, 2.45) is 5.16 Å². The molecule has 1 unspecified atom stereocenters. The first-order chi connectivity index (χ1) is 28.6. The zero-order valence-corrected chi connectivity index (χ0v) is 32.1. The van der Waals surface area contributed by atoms with Crippen LogP contribution in [0.15, 0.2) is 89.3 Å². The molecule has 4 saturated heterocycles. The molecular formula is C42H44N14O2. The van der Waals surface area contributed by atoms with Gasteiger partial charge in [-0.2, -0.15) is 10.5 Å². The van der Waals surface area contributed by atoms with Gasteiger partial charge in [-0.05, 0) is 62.8 Å². The van der Waals surface area contributed by atoms with Gasteiger partial charge in [-0.15, -0.1) is 6.42 Å². The van der Waals surface area contributed by atoms with E-state index in [4.69, 9.17) is 21.4 Å². The normalized spacial score (nSPS) is 21.7. The Balaban J connectivity index is 0.000000152. The lowest BCUT2D eigenvalue weighted by atomic mass is 9.92.